The lowest BCUT2D eigenvalue weighted by molar-refractivity contribution is 0.285. The van der Waals surface area contributed by atoms with Gasteiger partial charge in [0.2, 0.25) is 0 Å². The molecule has 24 heavy (non-hydrogen) atoms. The highest BCUT2D eigenvalue weighted by atomic mass is 15.1. The van der Waals surface area contributed by atoms with E-state index in [0.29, 0.717) is 0 Å². The number of rotatable bonds is 8. The third-order valence-electron chi connectivity index (χ3n) is 4.22. The van der Waals surface area contributed by atoms with Crippen LogP contribution in [0, 0.1) is 11.8 Å². The quantitative estimate of drug-likeness (QED) is 0.437. The summed E-state index contributed by atoms with van der Waals surface area (Å²) in [6, 6.07) is 21.4. The second kappa shape index (κ2) is 10.7. The van der Waals surface area contributed by atoms with Crippen LogP contribution in [0.2, 0.25) is 0 Å². The highest BCUT2D eigenvalue weighted by Crippen LogP contribution is 2.20. The highest BCUT2D eigenvalue weighted by molar-refractivity contribution is 5.28. The minimum atomic E-state index is 0.151. The zero-order valence-corrected chi connectivity index (χ0v) is 15.0. The van der Waals surface area contributed by atoms with Crippen molar-refractivity contribution < 1.29 is 0 Å². The summed E-state index contributed by atoms with van der Waals surface area (Å²) in [5, 5.41) is 0. The van der Waals surface area contributed by atoms with Crippen molar-refractivity contribution in [3.63, 3.8) is 0 Å². The van der Waals surface area contributed by atoms with E-state index < -0.39 is 0 Å². The fourth-order valence-electron chi connectivity index (χ4n) is 2.86. The third kappa shape index (κ3) is 6.22. The first-order chi connectivity index (χ1) is 11.8. The van der Waals surface area contributed by atoms with E-state index in [1.165, 1.54) is 36.8 Å². The van der Waals surface area contributed by atoms with Crippen LogP contribution in [-0.2, 0) is 6.54 Å². The second-order valence-corrected chi connectivity index (χ2v) is 6.35. The summed E-state index contributed by atoms with van der Waals surface area (Å²) in [7, 11) is 2.16. The topological polar surface area (TPSA) is 3.24 Å². The van der Waals surface area contributed by atoms with Gasteiger partial charge in [0.15, 0.2) is 0 Å². The van der Waals surface area contributed by atoms with Gasteiger partial charge in [-0.1, -0.05) is 92.8 Å². The molecular weight excluding hydrogens is 290 g/mol. The monoisotopic (exact) mass is 319 g/mol. The van der Waals surface area contributed by atoms with Crippen molar-refractivity contribution in [3.05, 3.63) is 71.8 Å². The molecule has 0 bridgehead atoms. The fraction of sp³-hybridized carbons (Fsp3) is 0.391. The Morgan fingerprint density at radius 3 is 2.21 bits per heavy atom. The summed E-state index contributed by atoms with van der Waals surface area (Å²) < 4.78 is 0. The molecule has 0 N–H and O–H groups in total. The Hall–Kier alpha value is -2.04. The molecule has 0 aliphatic carbocycles. The smallest absolute Gasteiger partial charge is 0.0971 e. The average molecular weight is 319 g/mol. The molecule has 2 rings (SSSR count). The summed E-state index contributed by atoms with van der Waals surface area (Å²) >= 11 is 0. The summed E-state index contributed by atoms with van der Waals surface area (Å²) in [6.07, 6.45) is 6.10. The zero-order valence-electron chi connectivity index (χ0n) is 15.0. The zero-order chi connectivity index (χ0) is 17.0. The first kappa shape index (κ1) is 18.3. The Bertz CT molecular complexity index is 621. The summed E-state index contributed by atoms with van der Waals surface area (Å²) in [5.74, 6) is 6.93. The van der Waals surface area contributed by atoms with Gasteiger partial charge >= 0.3 is 0 Å². The normalized spacial score (nSPS) is 11.8. The molecule has 1 unspecified atom stereocenters. The predicted molar refractivity (Wildman–Crippen MR) is 104 cm³/mol. The first-order valence-electron chi connectivity index (χ1n) is 9.08. The lowest BCUT2D eigenvalue weighted by Crippen LogP contribution is -2.23. The lowest BCUT2D eigenvalue weighted by Gasteiger charge is -2.24. The van der Waals surface area contributed by atoms with Crippen molar-refractivity contribution >= 4 is 0 Å². The van der Waals surface area contributed by atoms with Crippen LogP contribution in [0.4, 0.5) is 0 Å². The summed E-state index contributed by atoms with van der Waals surface area (Å²) in [5.41, 5.74) is 2.60. The summed E-state index contributed by atoms with van der Waals surface area (Å²) in [6.45, 7) is 3.15. The Morgan fingerprint density at radius 2 is 1.54 bits per heavy atom. The molecule has 0 saturated heterocycles. The molecule has 2 aromatic carbocycles. The molecule has 0 fully saturated rings. The molecule has 0 heterocycles. The van der Waals surface area contributed by atoms with Gasteiger partial charge in [-0.15, -0.1) is 5.92 Å². The van der Waals surface area contributed by atoms with Crippen LogP contribution in [-0.4, -0.2) is 11.9 Å². The van der Waals surface area contributed by atoms with Gasteiger partial charge < -0.3 is 0 Å². The number of benzene rings is 2. The maximum Gasteiger partial charge on any atom is 0.0971 e. The van der Waals surface area contributed by atoms with Crippen LogP contribution in [0.25, 0.3) is 0 Å². The van der Waals surface area contributed by atoms with E-state index in [1.54, 1.807) is 0 Å². The van der Waals surface area contributed by atoms with Gasteiger partial charge in [-0.2, -0.15) is 0 Å². The molecule has 1 atom stereocenters. The van der Waals surface area contributed by atoms with Gasteiger partial charge in [-0.05, 0) is 24.6 Å². The van der Waals surface area contributed by atoms with E-state index in [-0.39, 0.29) is 6.04 Å². The van der Waals surface area contributed by atoms with Gasteiger partial charge in [-0.25, -0.2) is 0 Å². The van der Waals surface area contributed by atoms with Crippen LogP contribution in [0.5, 0.6) is 0 Å². The fourth-order valence-corrected chi connectivity index (χ4v) is 2.86. The van der Waals surface area contributed by atoms with Gasteiger partial charge in [0.1, 0.15) is 0 Å². The molecule has 1 nitrogen and oxygen atoms in total. The first-order valence-corrected chi connectivity index (χ1v) is 9.08. The van der Waals surface area contributed by atoms with E-state index in [4.69, 9.17) is 0 Å². The Kier molecular flexibility index (Phi) is 8.15. The highest BCUT2D eigenvalue weighted by Gasteiger charge is 2.14. The molecule has 0 aliphatic heterocycles. The van der Waals surface area contributed by atoms with Crippen LogP contribution < -0.4 is 0 Å². The molecule has 2 aromatic rings. The molecule has 0 aromatic heterocycles. The van der Waals surface area contributed by atoms with E-state index in [1.807, 2.05) is 0 Å². The van der Waals surface area contributed by atoms with E-state index in [0.717, 1.165) is 13.0 Å². The molecule has 0 saturated carbocycles. The molecule has 0 amide bonds. The van der Waals surface area contributed by atoms with Crippen LogP contribution in [0.3, 0.4) is 0 Å². The maximum absolute atomic E-state index is 3.51. The molecule has 0 aliphatic rings. The molecule has 0 radical (unpaired) electrons. The van der Waals surface area contributed by atoms with Gasteiger partial charge in [0, 0.05) is 13.0 Å². The van der Waals surface area contributed by atoms with Crippen molar-refractivity contribution in [2.24, 2.45) is 0 Å². The van der Waals surface area contributed by atoms with Gasteiger partial charge in [0.25, 0.3) is 0 Å². The van der Waals surface area contributed by atoms with Crippen molar-refractivity contribution in [2.45, 2.75) is 51.6 Å². The standard InChI is InChI=1S/C23H29N/c1-3-4-5-6-7-14-19-23(22-17-12-9-13-18-22)24(2)20-21-15-10-8-11-16-21/h8-13,15-18,23H,3-7,20H2,1-2H3. The van der Waals surface area contributed by atoms with Crippen LogP contribution >= 0.6 is 0 Å². The van der Waals surface area contributed by atoms with Crippen molar-refractivity contribution in [1.29, 1.82) is 0 Å². The lowest BCUT2D eigenvalue weighted by atomic mass is 10.0. The second-order valence-electron chi connectivity index (χ2n) is 6.35. The molecule has 0 spiro atoms. The average Bonchev–Trinajstić information content (AvgIpc) is 2.62. The minimum absolute atomic E-state index is 0.151. The van der Waals surface area contributed by atoms with Crippen molar-refractivity contribution in [1.82, 2.24) is 4.90 Å². The van der Waals surface area contributed by atoms with Crippen molar-refractivity contribution in [3.8, 4) is 11.8 Å². The van der Waals surface area contributed by atoms with Crippen LogP contribution in [0.15, 0.2) is 60.7 Å². The number of hydrogen-bond acceptors (Lipinski definition) is 1. The molecule has 1 heteroatoms. The summed E-state index contributed by atoms with van der Waals surface area (Å²) in [4.78, 5) is 2.34. The third-order valence-corrected chi connectivity index (χ3v) is 4.22. The van der Waals surface area contributed by atoms with E-state index in [2.05, 4.69) is 91.4 Å². The minimum Gasteiger partial charge on any atom is -0.285 e. The van der Waals surface area contributed by atoms with Gasteiger partial charge in [-0.3, -0.25) is 4.90 Å². The molecule has 126 valence electrons. The van der Waals surface area contributed by atoms with E-state index >= 15 is 0 Å². The number of unbranched alkanes of at least 4 members (excludes halogenated alkanes) is 4. The van der Waals surface area contributed by atoms with E-state index in [9.17, 15) is 0 Å². The Balaban J connectivity index is 2.04. The molecular formula is C23H29N. The Labute approximate surface area is 147 Å². The maximum atomic E-state index is 3.51. The largest absolute Gasteiger partial charge is 0.285 e. The SMILES string of the molecule is CCCCCCC#CC(c1ccccc1)N(C)Cc1ccccc1. The number of nitrogens with zero attached hydrogens (tertiary/aromatic N) is 1. The Morgan fingerprint density at radius 1 is 0.875 bits per heavy atom. The number of hydrogen-bond donors (Lipinski definition) is 0. The van der Waals surface area contributed by atoms with Gasteiger partial charge in [0.05, 0.1) is 6.04 Å². The predicted octanol–water partition coefficient (Wildman–Crippen LogP) is 5.83. The van der Waals surface area contributed by atoms with Crippen molar-refractivity contribution in [2.75, 3.05) is 7.05 Å². The van der Waals surface area contributed by atoms with Crippen LogP contribution in [0.1, 0.15) is 56.2 Å².